The molecule has 0 fully saturated rings. The minimum absolute atomic E-state index is 0.104. The van der Waals surface area contributed by atoms with Gasteiger partial charge in [0.05, 0.1) is 23.1 Å². The van der Waals surface area contributed by atoms with Crippen LogP contribution in [0.15, 0.2) is 67.1 Å². The lowest BCUT2D eigenvalue weighted by atomic mass is 10.0. The number of carbonyl (C=O) groups excluding carboxylic acids is 2. The summed E-state index contributed by atoms with van der Waals surface area (Å²) in [7, 11) is -3.46. The van der Waals surface area contributed by atoms with Gasteiger partial charge in [0.1, 0.15) is 0 Å². The number of aromatic nitrogens is 3. The fourth-order valence-corrected chi connectivity index (χ4v) is 3.72. The maximum Gasteiger partial charge on any atom is 0.293 e. The molecule has 0 aliphatic carbocycles. The molecule has 0 atom stereocenters. The lowest BCUT2D eigenvalue weighted by Crippen LogP contribution is -2.16. The van der Waals surface area contributed by atoms with E-state index >= 15 is 0 Å². The van der Waals surface area contributed by atoms with Crippen LogP contribution in [0.3, 0.4) is 0 Å². The van der Waals surface area contributed by atoms with Gasteiger partial charge in [-0.25, -0.2) is 18.4 Å². The Labute approximate surface area is 189 Å². The van der Waals surface area contributed by atoms with Crippen LogP contribution in [-0.4, -0.2) is 41.4 Å². The molecule has 0 aliphatic heterocycles. The lowest BCUT2D eigenvalue weighted by Gasteiger charge is -2.11. The third kappa shape index (κ3) is 5.10. The number of hydrogen-bond acceptors (Lipinski definition) is 7. The third-order valence-electron chi connectivity index (χ3n) is 4.62. The molecule has 0 unspecified atom stereocenters. The fraction of sp³-hybridized carbons (Fsp3) is 0.0455. The fourth-order valence-electron chi connectivity index (χ4n) is 3.16. The van der Waals surface area contributed by atoms with Gasteiger partial charge in [-0.3, -0.25) is 19.3 Å². The van der Waals surface area contributed by atoms with E-state index in [9.17, 15) is 18.0 Å². The van der Waals surface area contributed by atoms with Crippen molar-refractivity contribution in [3.8, 4) is 11.1 Å². The molecule has 2 heterocycles. The number of benzene rings is 2. The number of primary amides is 1. The van der Waals surface area contributed by atoms with Crippen LogP contribution in [0.4, 0.5) is 11.4 Å². The first-order valence-corrected chi connectivity index (χ1v) is 11.5. The van der Waals surface area contributed by atoms with E-state index in [1.807, 2.05) is 0 Å². The van der Waals surface area contributed by atoms with Crippen LogP contribution in [0.2, 0.25) is 0 Å². The topological polar surface area (TPSA) is 157 Å². The van der Waals surface area contributed by atoms with Crippen LogP contribution >= 0.6 is 0 Å². The minimum atomic E-state index is -3.46. The number of nitrogens with two attached hydrogens (primary N) is 1. The third-order valence-corrected chi connectivity index (χ3v) is 5.22. The van der Waals surface area contributed by atoms with E-state index in [1.165, 1.54) is 18.5 Å². The lowest BCUT2D eigenvalue weighted by molar-refractivity contribution is 0.0996. The maximum absolute atomic E-state index is 12.9. The van der Waals surface area contributed by atoms with Gasteiger partial charge in [0, 0.05) is 35.1 Å². The molecular weight excluding hydrogens is 444 g/mol. The van der Waals surface area contributed by atoms with Crippen molar-refractivity contribution < 1.29 is 18.0 Å². The van der Waals surface area contributed by atoms with Gasteiger partial charge in [-0.05, 0) is 42.0 Å². The second-order valence-corrected chi connectivity index (χ2v) is 8.91. The molecule has 2 aromatic heterocycles. The standard InChI is InChI=1S/C22H18N6O4S/c1-33(31,32)28-16-6-5-15-11-25-21(26-19(15)10-16)22(30)27-18-7-8-24-12-17(18)13-3-2-4-14(9-13)20(23)29/h2-12,28H,1H3,(H2,23,29)(H,24,27,30). The van der Waals surface area contributed by atoms with Crippen molar-refractivity contribution in [3.63, 3.8) is 0 Å². The van der Waals surface area contributed by atoms with E-state index < -0.39 is 21.8 Å². The average Bonchev–Trinajstić information content (AvgIpc) is 2.78. The first-order chi connectivity index (χ1) is 15.7. The highest BCUT2D eigenvalue weighted by Crippen LogP contribution is 2.28. The van der Waals surface area contributed by atoms with Crippen LogP contribution in [0.5, 0.6) is 0 Å². The molecule has 0 radical (unpaired) electrons. The summed E-state index contributed by atoms with van der Waals surface area (Å²) in [5.41, 5.74) is 8.07. The molecule has 11 heteroatoms. The van der Waals surface area contributed by atoms with Gasteiger partial charge >= 0.3 is 0 Å². The number of anilines is 2. The number of pyridine rings is 1. The van der Waals surface area contributed by atoms with Crippen molar-refractivity contribution in [1.29, 1.82) is 0 Å². The van der Waals surface area contributed by atoms with E-state index in [0.717, 1.165) is 6.26 Å². The molecule has 4 N–H and O–H groups in total. The molecule has 0 saturated heterocycles. The predicted octanol–water partition coefficient (Wildman–Crippen LogP) is 2.41. The van der Waals surface area contributed by atoms with Gasteiger partial charge in [-0.2, -0.15) is 0 Å². The summed E-state index contributed by atoms with van der Waals surface area (Å²) in [5.74, 6) is -1.25. The maximum atomic E-state index is 12.9. The van der Waals surface area contributed by atoms with E-state index in [1.54, 1.807) is 48.7 Å². The van der Waals surface area contributed by atoms with Gasteiger partial charge in [-0.15, -0.1) is 0 Å². The SMILES string of the molecule is CS(=O)(=O)Nc1ccc2cnc(C(=O)Nc3ccncc3-c3cccc(C(N)=O)c3)nc2c1. The molecule has 2 aromatic carbocycles. The number of fused-ring (bicyclic) bond motifs is 1. The van der Waals surface area contributed by atoms with E-state index in [-0.39, 0.29) is 5.82 Å². The van der Waals surface area contributed by atoms with Crippen LogP contribution in [0.25, 0.3) is 22.0 Å². The summed E-state index contributed by atoms with van der Waals surface area (Å²) in [5, 5.41) is 3.40. The summed E-state index contributed by atoms with van der Waals surface area (Å²) in [6, 6.07) is 13.0. The average molecular weight is 462 g/mol. The Morgan fingerprint density at radius 1 is 1.03 bits per heavy atom. The molecule has 33 heavy (non-hydrogen) atoms. The number of nitrogens with one attached hydrogen (secondary N) is 2. The summed E-state index contributed by atoms with van der Waals surface area (Å²) in [6.45, 7) is 0. The van der Waals surface area contributed by atoms with Gasteiger partial charge < -0.3 is 11.1 Å². The number of rotatable bonds is 6. The van der Waals surface area contributed by atoms with E-state index in [2.05, 4.69) is 25.0 Å². The van der Waals surface area contributed by atoms with Gasteiger partial charge in [-0.1, -0.05) is 12.1 Å². The van der Waals surface area contributed by atoms with E-state index in [4.69, 9.17) is 5.73 Å². The van der Waals surface area contributed by atoms with Crippen molar-refractivity contribution in [3.05, 3.63) is 78.5 Å². The largest absolute Gasteiger partial charge is 0.366 e. The molecule has 2 amide bonds. The van der Waals surface area contributed by atoms with Crippen molar-refractivity contribution in [2.45, 2.75) is 0 Å². The number of hydrogen-bond donors (Lipinski definition) is 3. The molecule has 0 aliphatic rings. The minimum Gasteiger partial charge on any atom is -0.366 e. The van der Waals surface area contributed by atoms with E-state index in [0.29, 0.717) is 39.0 Å². The van der Waals surface area contributed by atoms with Crippen LogP contribution in [0, 0.1) is 0 Å². The van der Waals surface area contributed by atoms with Crippen LogP contribution in [-0.2, 0) is 10.0 Å². The number of sulfonamides is 1. The molecule has 4 rings (SSSR count). The molecule has 4 aromatic rings. The molecule has 0 saturated carbocycles. The van der Waals surface area contributed by atoms with Crippen LogP contribution in [0.1, 0.15) is 21.0 Å². The monoisotopic (exact) mass is 462 g/mol. The Kier molecular flexibility index (Phi) is 5.71. The Morgan fingerprint density at radius 2 is 1.85 bits per heavy atom. The van der Waals surface area contributed by atoms with Crippen molar-refractivity contribution in [2.24, 2.45) is 5.73 Å². The normalized spacial score (nSPS) is 11.2. The first-order valence-electron chi connectivity index (χ1n) is 9.60. The van der Waals surface area contributed by atoms with Crippen molar-refractivity contribution in [1.82, 2.24) is 15.0 Å². The first kappa shape index (κ1) is 21.8. The van der Waals surface area contributed by atoms with Gasteiger partial charge in [0.2, 0.25) is 21.8 Å². The zero-order valence-corrected chi connectivity index (χ0v) is 18.1. The number of nitrogens with zero attached hydrogens (tertiary/aromatic N) is 3. The van der Waals surface area contributed by atoms with Crippen LogP contribution < -0.4 is 15.8 Å². The van der Waals surface area contributed by atoms with Gasteiger partial charge in [0.15, 0.2) is 0 Å². The van der Waals surface area contributed by atoms with Crippen molar-refractivity contribution in [2.75, 3.05) is 16.3 Å². The highest BCUT2D eigenvalue weighted by Gasteiger charge is 2.15. The Morgan fingerprint density at radius 3 is 2.61 bits per heavy atom. The number of carbonyl (C=O) groups is 2. The smallest absolute Gasteiger partial charge is 0.293 e. The predicted molar refractivity (Wildman–Crippen MR) is 124 cm³/mol. The summed E-state index contributed by atoms with van der Waals surface area (Å²) >= 11 is 0. The highest BCUT2D eigenvalue weighted by atomic mass is 32.2. The molecular formula is C22H18N6O4S. The molecule has 166 valence electrons. The van der Waals surface area contributed by atoms with Gasteiger partial charge in [0.25, 0.3) is 5.91 Å². The summed E-state index contributed by atoms with van der Waals surface area (Å²) in [6.07, 6.45) is 5.59. The Hall–Kier alpha value is -4.38. The number of amides is 2. The molecule has 0 spiro atoms. The summed E-state index contributed by atoms with van der Waals surface area (Å²) < 4.78 is 25.3. The zero-order chi connectivity index (χ0) is 23.6. The Balaban J connectivity index is 1.65. The zero-order valence-electron chi connectivity index (χ0n) is 17.3. The second-order valence-electron chi connectivity index (χ2n) is 7.16. The second kappa shape index (κ2) is 8.63. The van der Waals surface area contributed by atoms with Crippen molar-refractivity contribution >= 4 is 44.1 Å². The summed E-state index contributed by atoms with van der Waals surface area (Å²) in [4.78, 5) is 36.9. The Bertz CT molecular complexity index is 1500. The highest BCUT2D eigenvalue weighted by molar-refractivity contribution is 7.92. The molecule has 10 nitrogen and oxygen atoms in total. The quantitative estimate of drug-likeness (QED) is 0.397. The molecule has 0 bridgehead atoms.